The number of carbonyl (C=O) groups excluding carboxylic acids is 4. The first-order valence-corrected chi connectivity index (χ1v) is 24.5. The summed E-state index contributed by atoms with van der Waals surface area (Å²) < 4.78 is 70.5. The van der Waals surface area contributed by atoms with Crippen LogP contribution in [0.3, 0.4) is 0 Å². The van der Waals surface area contributed by atoms with Gasteiger partial charge in [0.1, 0.15) is 42.8 Å². The highest BCUT2D eigenvalue weighted by Crippen LogP contribution is 2.66. The smallest absolute Gasteiger partial charge is 0.458 e. The lowest BCUT2D eigenvalue weighted by molar-refractivity contribution is -0.339. The zero-order chi connectivity index (χ0) is 47.8. The van der Waals surface area contributed by atoms with Gasteiger partial charge in [0.05, 0.1) is 40.8 Å². The van der Waals surface area contributed by atoms with Crippen molar-refractivity contribution in [1.82, 2.24) is 0 Å². The molecule has 0 aromatic carbocycles. The van der Waals surface area contributed by atoms with Gasteiger partial charge in [0.25, 0.3) is 0 Å². The highest BCUT2D eigenvalue weighted by molar-refractivity contribution is 5.77. The van der Waals surface area contributed by atoms with Gasteiger partial charge in [0.2, 0.25) is 0 Å². The van der Waals surface area contributed by atoms with Crippen LogP contribution in [-0.2, 0) is 66.4 Å². The van der Waals surface area contributed by atoms with Gasteiger partial charge >= 0.3 is 24.2 Å². The molecule has 6 unspecified atom stereocenters. The van der Waals surface area contributed by atoms with E-state index in [0.29, 0.717) is 90.4 Å². The van der Waals surface area contributed by atoms with Crippen LogP contribution in [0.25, 0.3) is 0 Å². The van der Waals surface area contributed by atoms with Crippen LogP contribution in [0, 0.1) is 16.7 Å². The summed E-state index contributed by atoms with van der Waals surface area (Å²) in [4.78, 5) is 51.1. The molecule has 8 fully saturated rings. The summed E-state index contributed by atoms with van der Waals surface area (Å²) in [5.74, 6) is -0.207. The molecule has 8 saturated carbocycles. The van der Waals surface area contributed by atoms with Crippen LogP contribution >= 0.6 is 0 Å². The monoisotopic (exact) mass is 927 g/mol. The maximum Gasteiger partial charge on any atom is 0.508 e. The quantitative estimate of drug-likeness (QED) is 0.0386. The molecule has 0 aromatic rings. The molecule has 0 radical (unpaired) electrons. The average molecular weight is 927 g/mol. The zero-order valence-electron chi connectivity index (χ0n) is 41.6. The van der Waals surface area contributed by atoms with Gasteiger partial charge in [0.15, 0.2) is 0 Å². The van der Waals surface area contributed by atoms with Gasteiger partial charge in [-0.15, -0.1) is 0 Å². The van der Waals surface area contributed by atoms with Gasteiger partial charge in [0, 0.05) is 77.6 Å². The molecule has 0 heterocycles. The molecule has 8 rings (SSSR count). The molecule has 16 nitrogen and oxygen atoms in total. The van der Waals surface area contributed by atoms with Crippen molar-refractivity contribution in [1.29, 1.82) is 0 Å². The van der Waals surface area contributed by atoms with Crippen molar-refractivity contribution < 1.29 is 76.0 Å². The Kier molecular flexibility index (Phi) is 17.4. The molecular weight excluding hydrogens is 845 g/mol. The lowest BCUT2D eigenvalue weighted by atomic mass is 9.48. The number of rotatable bonds is 24. The molecule has 0 saturated heterocycles. The highest BCUT2D eigenvalue weighted by Gasteiger charge is 2.73. The predicted octanol–water partition coefficient (Wildman–Crippen LogP) is 9.64. The Morgan fingerprint density at radius 1 is 0.431 bits per heavy atom. The Hall–Kier alpha value is -2.76. The lowest BCUT2D eigenvalue weighted by Crippen LogP contribution is -2.74. The fourth-order valence-corrected chi connectivity index (χ4v) is 12.0. The Morgan fingerprint density at radius 2 is 0.769 bits per heavy atom. The van der Waals surface area contributed by atoms with Crippen molar-refractivity contribution in [2.75, 3.05) is 53.4 Å². The highest BCUT2D eigenvalue weighted by atomic mass is 16.7. The minimum atomic E-state index is -0.951. The summed E-state index contributed by atoms with van der Waals surface area (Å²) in [6.45, 7) is 23.6. The van der Waals surface area contributed by atoms with E-state index in [1.807, 2.05) is 62.3 Å². The van der Waals surface area contributed by atoms with E-state index in [4.69, 9.17) is 56.8 Å². The van der Waals surface area contributed by atoms with E-state index < -0.39 is 62.3 Å². The Labute approximate surface area is 387 Å². The van der Waals surface area contributed by atoms with Crippen molar-refractivity contribution in [2.24, 2.45) is 16.7 Å². The summed E-state index contributed by atoms with van der Waals surface area (Å²) in [6, 6.07) is 0. The van der Waals surface area contributed by atoms with E-state index in [0.717, 1.165) is 32.1 Å². The number of ether oxygens (including phenoxy) is 12. The second kappa shape index (κ2) is 21.3. The Bertz CT molecular complexity index is 1600. The number of esters is 2. The number of hydrogen-bond acceptors (Lipinski definition) is 16. The second-order valence-electron chi connectivity index (χ2n) is 21.3. The lowest BCUT2D eigenvalue weighted by Gasteiger charge is -2.67. The van der Waals surface area contributed by atoms with Crippen molar-refractivity contribution in [2.45, 2.75) is 218 Å². The third-order valence-electron chi connectivity index (χ3n) is 14.6. The molecule has 8 aliphatic carbocycles. The summed E-state index contributed by atoms with van der Waals surface area (Å²) in [5.41, 5.74) is -6.46. The first-order valence-electron chi connectivity index (χ1n) is 24.5. The van der Waals surface area contributed by atoms with Crippen LogP contribution in [0.15, 0.2) is 0 Å². The molecule has 0 amide bonds. The SMILES string of the molecule is CCCOCOC12CC3(OCOCCC)CC(OC(=O)OCC)(C1)CC(OC(=O)C(C)(C)CC)(C2)C3.CCOCOC12CC3CC(OC(=O)OCC)(C1)CC(OC(=O)C(C)(C)CC)(C3)C2. The van der Waals surface area contributed by atoms with E-state index in [9.17, 15) is 19.2 Å². The van der Waals surface area contributed by atoms with Crippen LogP contribution in [0.2, 0.25) is 0 Å². The molecular formula is C49H82O16. The van der Waals surface area contributed by atoms with Crippen molar-refractivity contribution in [3.05, 3.63) is 0 Å². The molecule has 0 spiro atoms. The summed E-state index contributed by atoms with van der Waals surface area (Å²) in [7, 11) is 0. The minimum Gasteiger partial charge on any atom is -0.458 e. The van der Waals surface area contributed by atoms with Gasteiger partial charge < -0.3 is 56.8 Å². The molecule has 0 N–H and O–H groups in total. The summed E-state index contributed by atoms with van der Waals surface area (Å²) in [6.07, 6.45) is 8.68. The van der Waals surface area contributed by atoms with Gasteiger partial charge in [-0.25, -0.2) is 9.59 Å². The summed E-state index contributed by atoms with van der Waals surface area (Å²) in [5, 5.41) is 0. The fraction of sp³-hybridized carbons (Fsp3) is 0.918. The van der Waals surface area contributed by atoms with E-state index in [-0.39, 0.29) is 51.4 Å². The minimum absolute atomic E-state index is 0.107. The van der Waals surface area contributed by atoms with E-state index in [1.165, 1.54) is 0 Å². The van der Waals surface area contributed by atoms with Crippen LogP contribution in [0.5, 0.6) is 0 Å². The average Bonchev–Trinajstić information content (AvgIpc) is 3.20. The first-order chi connectivity index (χ1) is 30.6. The standard InChI is InChI=1S/C27H46O9.C22H36O7/c1-7-11-30-19-33-24-13-25(34-20-31-12-8-2)15-26(14-24,35-21(28)23(5,6)9-3)18-27(16-24,17-25)36-22(29)32-10-4;1-6-19(4,5)17(23)28-21-10-16-9-20(12-21,27-15-25-7-2)13-22(11-16,14-21)29-18(24)26-8-3/h7-20H2,1-6H3;16H,6-15H2,1-5H3. The normalized spacial score (nSPS) is 34.0. The van der Waals surface area contributed by atoms with E-state index >= 15 is 0 Å². The van der Waals surface area contributed by atoms with Gasteiger partial charge in [-0.3, -0.25) is 9.59 Å². The van der Waals surface area contributed by atoms with Crippen LogP contribution in [0.4, 0.5) is 9.59 Å². The van der Waals surface area contributed by atoms with Gasteiger partial charge in [-0.2, -0.15) is 0 Å². The van der Waals surface area contributed by atoms with Crippen molar-refractivity contribution >= 4 is 24.2 Å². The molecule has 6 atom stereocenters. The van der Waals surface area contributed by atoms with Crippen LogP contribution < -0.4 is 0 Å². The largest absolute Gasteiger partial charge is 0.508 e. The molecule has 0 aromatic heterocycles. The Balaban J connectivity index is 0.000000250. The molecule has 8 aliphatic rings. The molecule has 0 aliphatic heterocycles. The second-order valence-corrected chi connectivity index (χ2v) is 21.3. The topological polar surface area (TPSA) is 179 Å². The molecule has 65 heavy (non-hydrogen) atoms. The maximum absolute atomic E-state index is 13.3. The van der Waals surface area contributed by atoms with E-state index in [2.05, 4.69) is 0 Å². The first kappa shape index (κ1) is 53.2. The Morgan fingerprint density at radius 3 is 1.22 bits per heavy atom. The molecule has 16 heteroatoms. The van der Waals surface area contributed by atoms with Crippen LogP contribution in [0.1, 0.15) is 179 Å². The molecule has 8 bridgehead atoms. The van der Waals surface area contributed by atoms with Crippen LogP contribution in [-0.4, -0.2) is 117 Å². The predicted molar refractivity (Wildman–Crippen MR) is 237 cm³/mol. The zero-order valence-corrected chi connectivity index (χ0v) is 41.6. The van der Waals surface area contributed by atoms with Gasteiger partial charge in [-0.05, 0) is 99.3 Å². The van der Waals surface area contributed by atoms with Crippen molar-refractivity contribution in [3.63, 3.8) is 0 Å². The third kappa shape index (κ3) is 12.7. The fourth-order valence-electron chi connectivity index (χ4n) is 12.0. The molecule has 374 valence electrons. The number of hydrogen-bond donors (Lipinski definition) is 0. The number of carbonyl (C=O) groups is 4. The maximum atomic E-state index is 13.3. The summed E-state index contributed by atoms with van der Waals surface area (Å²) >= 11 is 0. The third-order valence-corrected chi connectivity index (χ3v) is 14.6. The van der Waals surface area contributed by atoms with E-state index in [1.54, 1.807) is 13.8 Å². The van der Waals surface area contributed by atoms with Crippen molar-refractivity contribution in [3.8, 4) is 0 Å². The van der Waals surface area contributed by atoms with Gasteiger partial charge in [-0.1, -0.05) is 27.7 Å².